The van der Waals surface area contributed by atoms with Gasteiger partial charge in [-0.3, -0.25) is 4.79 Å². The summed E-state index contributed by atoms with van der Waals surface area (Å²) in [7, 11) is -3.06. The minimum absolute atomic E-state index is 0.201. The Bertz CT molecular complexity index is 753. The number of Topliss-reactive ketones (excluding diaryl/α,β-unsaturated/α-hetero) is 1. The highest BCUT2D eigenvalue weighted by molar-refractivity contribution is 7.92. The van der Waals surface area contributed by atoms with Crippen molar-refractivity contribution >= 4 is 15.6 Å². The highest BCUT2D eigenvalue weighted by Gasteiger charge is 2.27. The van der Waals surface area contributed by atoms with Crippen molar-refractivity contribution in [3.8, 4) is 5.75 Å². The van der Waals surface area contributed by atoms with E-state index in [2.05, 4.69) is 0 Å². The Labute approximate surface area is 171 Å². The van der Waals surface area contributed by atoms with Crippen LogP contribution in [0.2, 0.25) is 0 Å². The van der Waals surface area contributed by atoms with Crippen molar-refractivity contribution < 1.29 is 17.9 Å². The van der Waals surface area contributed by atoms with Crippen molar-refractivity contribution in [2.75, 3.05) is 5.75 Å². The molecule has 1 aliphatic carbocycles. The number of unbranched alkanes of at least 4 members (excludes halogenated alkanes) is 2. The molecule has 5 heteroatoms. The van der Waals surface area contributed by atoms with Crippen molar-refractivity contribution in [1.82, 2.24) is 0 Å². The van der Waals surface area contributed by atoms with Gasteiger partial charge in [-0.25, -0.2) is 8.42 Å². The zero-order valence-electron chi connectivity index (χ0n) is 17.9. The number of aryl methyl sites for hydroxylation is 1. The highest BCUT2D eigenvalue weighted by Crippen LogP contribution is 2.26. The van der Waals surface area contributed by atoms with E-state index in [0.29, 0.717) is 25.4 Å². The van der Waals surface area contributed by atoms with Gasteiger partial charge in [-0.05, 0) is 89.5 Å². The van der Waals surface area contributed by atoms with E-state index in [9.17, 15) is 13.2 Å². The standard InChI is InChI=1S/C23H36O4S/c1-18-16-22(27-21-11-7-8-12-21)14-13-19(18)17-20(24)10-6-5-9-15-28(25,26)23(2,3)4/h13-14,16,21H,5-12,15,17H2,1-4H3. The van der Waals surface area contributed by atoms with Gasteiger partial charge in [0.25, 0.3) is 0 Å². The Morgan fingerprint density at radius 3 is 2.39 bits per heavy atom. The Kier molecular flexibility index (Phi) is 8.11. The van der Waals surface area contributed by atoms with E-state index in [1.165, 1.54) is 12.8 Å². The Morgan fingerprint density at radius 1 is 1.11 bits per heavy atom. The Morgan fingerprint density at radius 2 is 1.79 bits per heavy atom. The summed E-state index contributed by atoms with van der Waals surface area (Å²) in [4.78, 5) is 12.3. The summed E-state index contributed by atoms with van der Waals surface area (Å²) >= 11 is 0. The average Bonchev–Trinajstić information content (AvgIpc) is 3.09. The van der Waals surface area contributed by atoms with Crippen LogP contribution in [0.15, 0.2) is 18.2 Å². The third-order valence-electron chi connectivity index (χ3n) is 5.61. The van der Waals surface area contributed by atoms with Gasteiger partial charge in [0.1, 0.15) is 11.5 Å². The Hall–Kier alpha value is -1.36. The van der Waals surface area contributed by atoms with Crippen molar-refractivity contribution in [2.45, 2.75) is 96.3 Å². The third kappa shape index (κ3) is 6.91. The molecule has 4 nitrogen and oxygen atoms in total. The molecule has 1 aromatic carbocycles. The number of rotatable bonds is 10. The molecule has 1 fully saturated rings. The summed E-state index contributed by atoms with van der Waals surface area (Å²) < 4.78 is 29.5. The minimum atomic E-state index is -3.06. The molecule has 0 radical (unpaired) electrons. The molecule has 2 rings (SSSR count). The van der Waals surface area contributed by atoms with Gasteiger partial charge in [-0.1, -0.05) is 12.5 Å². The number of hydrogen-bond acceptors (Lipinski definition) is 4. The second-order valence-corrected chi connectivity index (χ2v) is 11.9. The molecule has 0 aliphatic heterocycles. The summed E-state index contributed by atoms with van der Waals surface area (Å²) in [6.07, 6.45) is 8.21. The molecule has 0 heterocycles. The summed E-state index contributed by atoms with van der Waals surface area (Å²) in [5, 5.41) is 0. The van der Waals surface area contributed by atoms with E-state index in [1.807, 2.05) is 25.1 Å². The fourth-order valence-corrected chi connectivity index (χ4v) is 4.73. The molecule has 1 aromatic rings. The molecule has 1 aliphatic rings. The van der Waals surface area contributed by atoms with Gasteiger partial charge in [0.05, 0.1) is 16.6 Å². The zero-order chi connectivity index (χ0) is 20.8. The lowest BCUT2D eigenvalue weighted by molar-refractivity contribution is -0.118. The van der Waals surface area contributed by atoms with Gasteiger partial charge in [0.15, 0.2) is 9.84 Å². The van der Waals surface area contributed by atoms with Crippen LogP contribution >= 0.6 is 0 Å². The van der Waals surface area contributed by atoms with Gasteiger partial charge in [0.2, 0.25) is 0 Å². The van der Waals surface area contributed by atoms with Crippen LogP contribution in [0.1, 0.15) is 83.3 Å². The molecule has 0 saturated heterocycles. The SMILES string of the molecule is Cc1cc(OC2CCCC2)ccc1CC(=O)CCCCCS(=O)(=O)C(C)(C)C. The maximum Gasteiger partial charge on any atom is 0.155 e. The predicted molar refractivity (Wildman–Crippen MR) is 115 cm³/mol. The van der Waals surface area contributed by atoms with Crippen LogP contribution in [-0.4, -0.2) is 30.8 Å². The highest BCUT2D eigenvalue weighted by atomic mass is 32.2. The second-order valence-electron chi connectivity index (χ2n) is 9.07. The van der Waals surface area contributed by atoms with Gasteiger partial charge in [-0.2, -0.15) is 0 Å². The van der Waals surface area contributed by atoms with Gasteiger partial charge >= 0.3 is 0 Å². The maximum absolute atomic E-state index is 12.3. The summed E-state index contributed by atoms with van der Waals surface area (Å²) in [5.74, 6) is 1.32. The van der Waals surface area contributed by atoms with Crippen molar-refractivity contribution in [1.29, 1.82) is 0 Å². The van der Waals surface area contributed by atoms with Crippen LogP contribution in [-0.2, 0) is 21.1 Å². The summed E-state index contributed by atoms with van der Waals surface area (Å²) in [6.45, 7) is 7.23. The molecule has 0 spiro atoms. The van der Waals surface area contributed by atoms with Crippen molar-refractivity contribution in [3.05, 3.63) is 29.3 Å². The van der Waals surface area contributed by atoms with E-state index < -0.39 is 14.6 Å². The third-order valence-corrected chi connectivity index (χ3v) is 8.30. The number of carbonyl (C=O) groups excluding carboxylic acids is 1. The molecule has 0 bridgehead atoms. The number of carbonyl (C=O) groups is 1. The molecular formula is C23H36O4S. The van der Waals surface area contributed by atoms with E-state index >= 15 is 0 Å². The number of benzene rings is 1. The number of ether oxygens (including phenoxy) is 1. The quantitative estimate of drug-likeness (QED) is 0.499. The predicted octanol–water partition coefficient (Wildman–Crippen LogP) is 5.20. The average molecular weight is 409 g/mol. The van der Waals surface area contributed by atoms with Crippen LogP contribution in [0.5, 0.6) is 5.75 Å². The Balaban J connectivity index is 1.72. The van der Waals surface area contributed by atoms with Crippen LogP contribution in [0.3, 0.4) is 0 Å². The van der Waals surface area contributed by atoms with Gasteiger partial charge in [-0.15, -0.1) is 0 Å². The van der Waals surface area contributed by atoms with E-state index in [1.54, 1.807) is 20.8 Å². The van der Waals surface area contributed by atoms with Crippen LogP contribution < -0.4 is 4.74 Å². The molecule has 28 heavy (non-hydrogen) atoms. The molecule has 0 amide bonds. The lowest BCUT2D eigenvalue weighted by Crippen LogP contribution is -2.30. The first-order chi connectivity index (χ1) is 13.1. The van der Waals surface area contributed by atoms with E-state index in [4.69, 9.17) is 4.74 Å². The monoisotopic (exact) mass is 408 g/mol. The van der Waals surface area contributed by atoms with E-state index in [-0.39, 0.29) is 11.5 Å². The largest absolute Gasteiger partial charge is 0.490 e. The molecule has 158 valence electrons. The maximum atomic E-state index is 12.3. The molecule has 0 N–H and O–H groups in total. The normalized spacial score (nSPS) is 15.7. The number of hydrogen-bond donors (Lipinski definition) is 0. The van der Waals surface area contributed by atoms with Gasteiger partial charge < -0.3 is 4.74 Å². The molecule has 1 saturated carbocycles. The topological polar surface area (TPSA) is 60.4 Å². The van der Waals surface area contributed by atoms with E-state index in [0.717, 1.165) is 42.6 Å². The van der Waals surface area contributed by atoms with Crippen LogP contribution in [0, 0.1) is 6.92 Å². The molecule has 0 aromatic heterocycles. The number of ketones is 1. The summed E-state index contributed by atoms with van der Waals surface area (Å²) in [6, 6.07) is 6.02. The summed E-state index contributed by atoms with van der Waals surface area (Å²) in [5.41, 5.74) is 2.15. The molecular weight excluding hydrogens is 372 g/mol. The lowest BCUT2D eigenvalue weighted by atomic mass is 10.00. The van der Waals surface area contributed by atoms with Crippen molar-refractivity contribution in [2.24, 2.45) is 0 Å². The van der Waals surface area contributed by atoms with Crippen molar-refractivity contribution in [3.63, 3.8) is 0 Å². The fraction of sp³-hybridized carbons (Fsp3) is 0.696. The number of sulfone groups is 1. The van der Waals surface area contributed by atoms with Crippen LogP contribution in [0.4, 0.5) is 0 Å². The first kappa shape index (κ1) is 22.9. The smallest absolute Gasteiger partial charge is 0.155 e. The molecule has 0 unspecified atom stereocenters. The first-order valence-electron chi connectivity index (χ1n) is 10.6. The minimum Gasteiger partial charge on any atom is -0.490 e. The molecule has 0 atom stereocenters. The second kappa shape index (κ2) is 9.91. The lowest BCUT2D eigenvalue weighted by Gasteiger charge is -2.18. The first-order valence-corrected chi connectivity index (χ1v) is 12.2. The van der Waals surface area contributed by atoms with Gasteiger partial charge in [0, 0.05) is 12.8 Å². The zero-order valence-corrected chi connectivity index (χ0v) is 18.7. The van der Waals surface area contributed by atoms with Crippen LogP contribution in [0.25, 0.3) is 0 Å². The fourth-order valence-electron chi connectivity index (χ4n) is 3.54.